The molecule has 2 rings (SSSR count). The van der Waals surface area contributed by atoms with Gasteiger partial charge in [0, 0.05) is 6.20 Å². The molecule has 0 bridgehead atoms. The van der Waals surface area contributed by atoms with Gasteiger partial charge in [0.25, 0.3) is 5.91 Å². The summed E-state index contributed by atoms with van der Waals surface area (Å²) in [7, 11) is 0. The molecule has 1 aromatic heterocycles. The Morgan fingerprint density at radius 3 is 2.61 bits per heavy atom. The lowest BCUT2D eigenvalue weighted by Crippen LogP contribution is -2.48. The first-order valence-corrected chi connectivity index (χ1v) is 6.18. The number of nitrogens with one attached hydrogen (secondary N) is 1. The minimum absolute atomic E-state index is 0.265. The number of aromatic nitrogens is 2. The topological polar surface area (TPSA) is 78.7 Å². The van der Waals surface area contributed by atoms with Crippen molar-refractivity contribution < 1.29 is 4.79 Å². The van der Waals surface area contributed by atoms with Crippen LogP contribution in [-0.4, -0.2) is 21.4 Å². The van der Waals surface area contributed by atoms with Crippen LogP contribution in [0, 0.1) is 18.3 Å². The zero-order valence-electron chi connectivity index (χ0n) is 10.4. The maximum Gasteiger partial charge on any atom is 0.272 e. The second-order valence-electron chi connectivity index (χ2n) is 4.75. The lowest BCUT2D eigenvalue weighted by atomic mass is 9.83. The van der Waals surface area contributed by atoms with E-state index < -0.39 is 5.54 Å². The number of hydrogen-bond acceptors (Lipinski definition) is 4. The van der Waals surface area contributed by atoms with Gasteiger partial charge in [0.1, 0.15) is 11.2 Å². The Bertz CT molecular complexity index is 469. The lowest BCUT2D eigenvalue weighted by molar-refractivity contribution is 0.0897. The maximum absolute atomic E-state index is 12.0. The standard InChI is InChI=1S/C13H16N4O/c1-10-7-16-11(8-15-10)12(18)17-13(9-14)5-3-2-4-6-13/h7-8H,2-6H2,1H3,(H,17,18). The van der Waals surface area contributed by atoms with E-state index >= 15 is 0 Å². The lowest BCUT2D eigenvalue weighted by Gasteiger charge is -2.31. The second-order valence-corrected chi connectivity index (χ2v) is 4.75. The number of aryl methyl sites for hydroxylation is 1. The van der Waals surface area contributed by atoms with E-state index in [4.69, 9.17) is 0 Å². The summed E-state index contributed by atoms with van der Waals surface area (Å²) in [4.78, 5) is 20.1. The van der Waals surface area contributed by atoms with Crippen LogP contribution < -0.4 is 5.32 Å². The van der Waals surface area contributed by atoms with Crippen molar-refractivity contribution in [3.05, 3.63) is 23.8 Å². The highest BCUT2D eigenvalue weighted by Gasteiger charge is 2.34. The van der Waals surface area contributed by atoms with Gasteiger partial charge in [-0.1, -0.05) is 19.3 Å². The van der Waals surface area contributed by atoms with Gasteiger partial charge in [0.15, 0.2) is 0 Å². The minimum Gasteiger partial charge on any atom is -0.332 e. The molecule has 1 saturated carbocycles. The highest BCUT2D eigenvalue weighted by Crippen LogP contribution is 2.27. The van der Waals surface area contributed by atoms with Crippen LogP contribution >= 0.6 is 0 Å². The Kier molecular flexibility index (Phi) is 3.56. The molecule has 1 fully saturated rings. The zero-order chi connectivity index (χ0) is 13.0. The molecule has 18 heavy (non-hydrogen) atoms. The molecule has 0 saturated heterocycles. The highest BCUT2D eigenvalue weighted by molar-refractivity contribution is 5.92. The first-order chi connectivity index (χ1) is 8.65. The molecular formula is C13H16N4O. The highest BCUT2D eigenvalue weighted by atomic mass is 16.2. The van der Waals surface area contributed by atoms with Gasteiger partial charge in [-0.25, -0.2) is 4.98 Å². The van der Waals surface area contributed by atoms with E-state index in [1.165, 1.54) is 6.20 Å². The molecule has 1 aromatic rings. The summed E-state index contributed by atoms with van der Waals surface area (Å²) in [6.07, 6.45) is 7.51. The Balaban J connectivity index is 2.10. The zero-order valence-corrected chi connectivity index (χ0v) is 10.4. The summed E-state index contributed by atoms with van der Waals surface area (Å²) in [5, 5.41) is 12.1. The van der Waals surface area contributed by atoms with Crippen molar-refractivity contribution in [2.45, 2.75) is 44.6 Å². The summed E-state index contributed by atoms with van der Waals surface area (Å²) in [5.74, 6) is -0.314. The first kappa shape index (κ1) is 12.5. The van der Waals surface area contributed by atoms with Gasteiger partial charge in [-0.05, 0) is 19.8 Å². The minimum atomic E-state index is -0.720. The fraction of sp³-hybridized carbons (Fsp3) is 0.538. The van der Waals surface area contributed by atoms with Crippen LogP contribution in [0.4, 0.5) is 0 Å². The van der Waals surface area contributed by atoms with E-state index in [0.29, 0.717) is 12.8 Å². The summed E-state index contributed by atoms with van der Waals surface area (Å²) >= 11 is 0. The SMILES string of the molecule is Cc1cnc(C(=O)NC2(C#N)CCCCC2)cn1. The smallest absolute Gasteiger partial charge is 0.272 e. The van der Waals surface area contributed by atoms with Crippen molar-refractivity contribution in [1.29, 1.82) is 5.26 Å². The summed E-state index contributed by atoms with van der Waals surface area (Å²) in [6.45, 7) is 1.81. The molecular weight excluding hydrogens is 228 g/mol. The summed E-state index contributed by atoms with van der Waals surface area (Å²) in [6, 6.07) is 2.25. The molecule has 1 heterocycles. The van der Waals surface area contributed by atoms with E-state index in [-0.39, 0.29) is 11.6 Å². The molecule has 5 nitrogen and oxygen atoms in total. The average Bonchev–Trinajstić information content (AvgIpc) is 2.40. The third-order valence-corrected chi connectivity index (χ3v) is 3.29. The normalized spacial score (nSPS) is 17.8. The molecule has 0 atom stereocenters. The predicted molar refractivity (Wildman–Crippen MR) is 65.7 cm³/mol. The average molecular weight is 244 g/mol. The van der Waals surface area contributed by atoms with Gasteiger partial charge in [0.05, 0.1) is 18.0 Å². The van der Waals surface area contributed by atoms with E-state index in [1.807, 2.05) is 6.92 Å². The molecule has 1 aliphatic carbocycles. The van der Waals surface area contributed by atoms with Crippen LogP contribution in [0.2, 0.25) is 0 Å². The van der Waals surface area contributed by atoms with Gasteiger partial charge in [-0.15, -0.1) is 0 Å². The van der Waals surface area contributed by atoms with E-state index in [9.17, 15) is 10.1 Å². The van der Waals surface area contributed by atoms with Crippen molar-refractivity contribution in [3.8, 4) is 6.07 Å². The second kappa shape index (κ2) is 5.13. The third-order valence-electron chi connectivity index (χ3n) is 3.29. The largest absolute Gasteiger partial charge is 0.332 e. The maximum atomic E-state index is 12.0. The Morgan fingerprint density at radius 2 is 2.06 bits per heavy atom. The van der Waals surface area contributed by atoms with Gasteiger partial charge >= 0.3 is 0 Å². The van der Waals surface area contributed by atoms with Crippen LogP contribution in [0.25, 0.3) is 0 Å². The van der Waals surface area contributed by atoms with Gasteiger partial charge in [0.2, 0.25) is 0 Å². The molecule has 1 amide bonds. The van der Waals surface area contributed by atoms with Crippen LogP contribution in [-0.2, 0) is 0 Å². The number of carbonyl (C=O) groups is 1. The molecule has 0 aromatic carbocycles. The first-order valence-electron chi connectivity index (χ1n) is 6.18. The molecule has 94 valence electrons. The van der Waals surface area contributed by atoms with Gasteiger partial charge < -0.3 is 5.32 Å². The molecule has 0 radical (unpaired) electrons. The number of carbonyl (C=O) groups excluding carboxylic acids is 1. The quantitative estimate of drug-likeness (QED) is 0.859. The van der Waals surface area contributed by atoms with Gasteiger partial charge in [-0.2, -0.15) is 5.26 Å². The Labute approximate surface area is 106 Å². The Morgan fingerprint density at radius 1 is 1.33 bits per heavy atom. The number of rotatable bonds is 2. The van der Waals surface area contributed by atoms with Crippen molar-refractivity contribution in [1.82, 2.24) is 15.3 Å². The predicted octanol–water partition coefficient (Wildman–Crippen LogP) is 1.74. The number of amides is 1. The summed E-state index contributed by atoms with van der Waals surface area (Å²) in [5.41, 5.74) is 0.307. The summed E-state index contributed by atoms with van der Waals surface area (Å²) < 4.78 is 0. The van der Waals surface area contributed by atoms with Crippen molar-refractivity contribution in [2.24, 2.45) is 0 Å². The van der Waals surface area contributed by atoms with Gasteiger partial charge in [-0.3, -0.25) is 9.78 Å². The van der Waals surface area contributed by atoms with Crippen LogP contribution in [0.5, 0.6) is 0 Å². The number of nitrogens with zero attached hydrogens (tertiary/aromatic N) is 3. The fourth-order valence-electron chi connectivity index (χ4n) is 2.21. The molecule has 5 heteroatoms. The molecule has 1 N–H and O–H groups in total. The van der Waals surface area contributed by atoms with Crippen LogP contribution in [0.15, 0.2) is 12.4 Å². The number of hydrogen-bond donors (Lipinski definition) is 1. The monoisotopic (exact) mass is 244 g/mol. The third kappa shape index (κ3) is 2.65. The van der Waals surface area contributed by atoms with Crippen molar-refractivity contribution in [2.75, 3.05) is 0 Å². The Hall–Kier alpha value is -1.96. The van der Waals surface area contributed by atoms with Crippen LogP contribution in [0.3, 0.4) is 0 Å². The van der Waals surface area contributed by atoms with Crippen molar-refractivity contribution >= 4 is 5.91 Å². The van der Waals surface area contributed by atoms with Crippen LogP contribution in [0.1, 0.15) is 48.3 Å². The van der Waals surface area contributed by atoms with E-state index in [2.05, 4.69) is 21.4 Å². The molecule has 0 aliphatic heterocycles. The fourth-order valence-corrected chi connectivity index (χ4v) is 2.21. The molecule has 0 unspecified atom stereocenters. The number of nitriles is 1. The van der Waals surface area contributed by atoms with Crippen molar-refractivity contribution in [3.63, 3.8) is 0 Å². The molecule has 0 spiro atoms. The van der Waals surface area contributed by atoms with E-state index in [1.54, 1.807) is 6.20 Å². The molecule has 1 aliphatic rings. The van der Waals surface area contributed by atoms with E-state index in [0.717, 1.165) is 25.0 Å².